The minimum absolute atomic E-state index is 0.594. The topological polar surface area (TPSA) is 33.4 Å². The highest BCUT2D eigenvalue weighted by Gasteiger charge is 2.16. The summed E-state index contributed by atoms with van der Waals surface area (Å²) in [5.41, 5.74) is 4.27. The van der Waals surface area contributed by atoms with Gasteiger partial charge in [0.2, 0.25) is 0 Å². The van der Waals surface area contributed by atoms with Crippen LogP contribution in [-0.4, -0.2) is 5.11 Å². The second-order valence-electron chi connectivity index (χ2n) is 4.63. The van der Waals surface area contributed by atoms with Gasteiger partial charge in [-0.2, -0.15) is 0 Å². The predicted octanol–water partition coefficient (Wildman–Crippen LogP) is 3.79. The molecule has 0 radical (unpaired) electrons. The molecule has 96 valence electrons. The van der Waals surface area contributed by atoms with Crippen molar-refractivity contribution in [3.8, 4) is 0 Å². The number of aryl methyl sites for hydroxylation is 3. The molecule has 2 aromatic rings. The Morgan fingerprint density at radius 1 is 1.17 bits per heavy atom. The van der Waals surface area contributed by atoms with Gasteiger partial charge in [0, 0.05) is 5.56 Å². The lowest BCUT2D eigenvalue weighted by Crippen LogP contribution is -2.03. The van der Waals surface area contributed by atoms with Crippen LogP contribution in [0.25, 0.3) is 0 Å². The maximum atomic E-state index is 10.5. The molecule has 2 nitrogen and oxygen atoms in total. The number of furan rings is 1. The standard InChI is InChI=1S/C16H20O2/c1-4-12-6-7-13(5-2)15(9-12)16(17)14-8-11(3)18-10-14/h6-10,16-17H,4-5H2,1-3H3. The Morgan fingerprint density at radius 2 is 1.94 bits per heavy atom. The van der Waals surface area contributed by atoms with Crippen LogP contribution in [0.1, 0.15) is 48.0 Å². The van der Waals surface area contributed by atoms with E-state index in [0.29, 0.717) is 0 Å². The fraction of sp³-hybridized carbons (Fsp3) is 0.375. The van der Waals surface area contributed by atoms with Gasteiger partial charge < -0.3 is 9.52 Å². The zero-order chi connectivity index (χ0) is 13.1. The summed E-state index contributed by atoms with van der Waals surface area (Å²) in [5.74, 6) is 0.828. The highest BCUT2D eigenvalue weighted by atomic mass is 16.3. The van der Waals surface area contributed by atoms with E-state index >= 15 is 0 Å². The van der Waals surface area contributed by atoms with Gasteiger partial charge in [-0.3, -0.25) is 0 Å². The third-order valence-electron chi connectivity index (χ3n) is 3.36. The van der Waals surface area contributed by atoms with Gasteiger partial charge in [-0.1, -0.05) is 32.0 Å². The number of hydrogen-bond acceptors (Lipinski definition) is 2. The van der Waals surface area contributed by atoms with Crippen molar-refractivity contribution in [1.29, 1.82) is 0 Å². The molecule has 0 saturated heterocycles. The van der Waals surface area contributed by atoms with E-state index in [9.17, 15) is 5.11 Å². The Balaban J connectivity index is 2.41. The Hall–Kier alpha value is -1.54. The molecule has 0 aliphatic rings. The first-order chi connectivity index (χ1) is 8.65. The van der Waals surface area contributed by atoms with Gasteiger partial charge in [-0.25, -0.2) is 0 Å². The number of aliphatic hydroxyl groups is 1. The second kappa shape index (κ2) is 5.40. The van der Waals surface area contributed by atoms with Crippen LogP contribution in [0, 0.1) is 6.92 Å². The van der Waals surface area contributed by atoms with E-state index in [1.165, 1.54) is 11.1 Å². The molecule has 2 rings (SSSR count). The van der Waals surface area contributed by atoms with E-state index in [-0.39, 0.29) is 0 Å². The van der Waals surface area contributed by atoms with Gasteiger partial charge in [-0.05, 0) is 42.5 Å². The maximum absolute atomic E-state index is 10.5. The Kier molecular flexibility index (Phi) is 3.87. The molecular weight excluding hydrogens is 224 g/mol. The van der Waals surface area contributed by atoms with Crippen molar-refractivity contribution >= 4 is 0 Å². The predicted molar refractivity (Wildman–Crippen MR) is 72.7 cm³/mol. The van der Waals surface area contributed by atoms with Crippen LogP contribution in [0.2, 0.25) is 0 Å². The summed E-state index contributed by atoms with van der Waals surface area (Å²) in [6.45, 7) is 6.12. The van der Waals surface area contributed by atoms with Gasteiger partial charge in [-0.15, -0.1) is 0 Å². The molecule has 1 heterocycles. The molecule has 0 fully saturated rings. The van der Waals surface area contributed by atoms with Gasteiger partial charge in [0.25, 0.3) is 0 Å². The van der Waals surface area contributed by atoms with E-state index in [1.807, 2.05) is 13.0 Å². The van der Waals surface area contributed by atoms with Crippen molar-refractivity contribution in [2.75, 3.05) is 0 Å². The molecule has 1 unspecified atom stereocenters. The first-order valence-electron chi connectivity index (χ1n) is 6.50. The zero-order valence-electron chi connectivity index (χ0n) is 11.2. The molecule has 1 N–H and O–H groups in total. The Labute approximate surface area is 108 Å². The van der Waals surface area contributed by atoms with Crippen LogP contribution in [-0.2, 0) is 12.8 Å². The first-order valence-corrected chi connectivity index (χ1v) is 6.50. The van der Waals surface area contributed by atoms with Crippen molar-refractivity contribution in [1.82, 2.24) is 0 Å². The molecule has 0 aliphatic carbocycles. The van der Waals surface area contributed by atoms with Crippen molar-refractivity contribution in [3.05, 3.63) is 58.5 Å². The van der Waals surface area contributed by atoms with Gasteiger partial charge >= 0.3 is 0 Å². The molecule has 1 atom stereocenters. The lowest BCUT2D eigenvalue weighted by Gasteiger charge is -2.15. The average molecular weight is 244 g/mol. The van der Waals surface area contributed by atoms with Crippen molar-refractivity contribution in [3.63, 3.8) is 0 Å². The first kappa shape index (κ1) is 12.9. The molecule has 18 heavy (non-hydrogen) atoms. The third-order valence-corrected chi connectivity index (χ3v) is 3.36. The van der Waals surface area contributed by atoms with Crippen LogP contribution >= 0.6 is 0 Å². The number of rotatable bonds is 4. The lowest BCUT2D eigenvalue weighted by molar-refractivity contribution is 0.218. The Morgan fingerprint density at radius 3 is 2.50 bits per heavy atom. The largest absolute Gasteiger partial charge is 0.469 e. The van der Waals surface area contributed by atoms with Crippen molar-refractivity contribution < 1.29 is 9.52 Å². The minimum Gasteiger partial charge on any atom is -0.469 e. The number of hydrogen-bond donors (Lipinski definition) is 1. The highest BCUT2D eigenvalue weighted by Crippen LogP contribution is 2.28. The van der Waals surface area contributed by atoms with E-state index in [4.69, 9.17) is 4.42 Å². The van der Waals surface area contributed by atoms with E-state index < -0.39 is 6.10 Å². The van der Waals surface area contributed by atoms with Crippen LogP contribution in [0.15, 0.2) is 34.9 Å². The van der Waals surface area contributed by atoms with Crippen LogP contribution in [0.3, 0.4) is 0 Å². The molecule has 0 spiro atoms. The van der Waals surface area contributed by atoms with Gasteiger partial charge in [0.1, 0.15) is 11.9 Å². The smallest absolute Gasteiger partial charge is 0.107 e. The van der Waals surface area contributed by atoms with Crippen LogP contribution < -0.4 is 0 Å². The summed E-state index contributed by atoms with van der Waals surface area (Å²) in [5, 5.41) is 10.5. The van der Waals surface area contributed by atoms with E-state index in [2.05, 4.69) is 32.0 Å². The van der Waals surface area contributed by atoms with Gasteiger partial charge in [0.15, 0.2) is 0 Å². The SMILES string of the molecule is CCc1ccc(CC)c(C(O)c2coc(C)c2)c1. The molecule has 0 amide bonds. The molecule has 0 aliphatic heterocycles. The summed E-state index contributed by atoms with van der Waals surface area (Å²) in [6.07, 6.45) is 2.95. The molecule has 1 aromatic heterocycles. The second-order valence-corrected chi connectivity index (χ2v) is 4.63. The van der Waals surface area contributed by atoms with Crippen LogP contribution in [0.5, 0.6) is 0 Å². The summed E-state index contributed by atoms with van der Waals surface area (Å²) in [7, 11) is 0. The van der Waals surface area contributed by atoms with Crippen molar-refractivity contribution in [2.45, 2.75) is 39.7 Å². The molecule has 0 saturated carbocycles. The average Bonchev–Trinajstić information content (AvgIpc) is 2.83. The summed E-state index contributed by atoms with van der Waals surface area (Å²) >= 11 is 0. The quantitative estimate of drug-likeness (QED) is 0.887. The monoisotopic (exact) mass is 244 g/mol. The lowest BCUT2D eigenvalue weighted by atomic mass is 9.94. The normalized spacial score (nSPS) is 12.7. The summed E-state index contributed by atoms with van der Waals surface area (Å²) < 4.78 is 5.28. The number of aliphatic hydroxyl groups excluding tert-OH is 1. The van der Waals surface area contributed by atoms with E-state index in [0.717, 1.165) is 29.7 Å². The third kappa shape index (κ3) is 2.49. The fourth-order valence-electron chi connectivity index (χ4n) is 2.23. The fourth-order valence-corrected chi connectivity index (χ4v) is 2.23. The summed E-state index contributed by atoms with van der Waals surface area (Å²) in [6, 6.07) is 8.24. The molecule has 1 aromatic carbocycles. The van der Waals surface area contributed by atoms with Gasteiger partial charge in [0.05, 0.1) is 6.26 Å². The maximum Gasteiger partial charge on any atom is 0.107 e. The molecular formula is C16H20O2. The minimum atomic E-state index is -0.594. The molecule has 2 heteroatoms. The van der Waals surface area contributed by atoms with Crippen molar-refractivity contribution in [2.24, 2.45) is 0 Å². The zero-order valence-corrected chi connectivity index (χ0v) is 11.2. The highest BCUT2D eigenvalue weighted by molar-refractivity contribution is 5.38. The van der Waals surface area contributed by atoms with Crippen LogP contribution in [0.4, 0.5) is 0 Å². The summed E-state index contributed by atoms with van der Waals surface area (Å²) in [4.78, 5) is 0. The number of benzene rings is 1. The van der Waals surface area contributed by atoms with E-state index in [1.54, 1.807) is 6.26 Å². The molecule has 0 bridgehead atoms. The Bertz CT molecular complexity index is 526.